The highest BCUT2D eigenvalue weighted by atomic mass is 16.7. The molecule has 0 bridgehead atoms. The van der Waals surface area contributed by atoms with Gasteiger partial charge in [0.15, 0.2) is 5.79 Å². The van der Waals surface area contributed by atoms with Crippen LogP contribution in [0.5, 0.6) is 0 Å². The van der Waals surface area contributed by atoms with Crippen LogP contribution >= 0.6 is 0 Å². The maximum atomic E-state index is 10.5. The van der Waals surface area contributed by atoms with E-state index in [1.165, 1.54) is 0 Å². The lowest BCUT2D eigenvalue weighted by atomic mass is 9.98. The summed E-state index contributed by atoms with van der Waals surface area (Å²) in [5.74, 6) is -1.41. The standard InChI is InChI=1S/C15H32O6/c1-3-4-8-15(19,21-12-17)10-14(7-5-6-9-16)20-11-13(2)18/h13-14,16-19H,3-12H2,1-2H3. The van der Waals surface area contributed by atoms with Gasteiger partial charge in [0.05, 0.1) is 18.8 Å². The molecular formula is C15H32O6. The van der Waals surface area contributed by atoms with Gasteiger partial charge in [0, 0.05) is 19.4 Å². The van der Waals surface area contributed by atoms with E-state index in [1.54, 1.807) is 6.92 Å². The molecule has 3 unspecified atom stereocenters. The molecule has 0 radical (unpaired) electrons. The zero-order valence-electron chi connectivity index (χ0n) is 13.3. The van der Waals surface area contributed by atoms with E-state index in [0.717, 1.165) is 19.3 Å². The van der Waals surface area contributed by atoms with Gasteiger partial charge in [0.25, 0.3) is 0 Å². The first kappa shape index (κ1) is 20.8. The lowest BCUT2D eigenvalue weighted by Crippen LogP contribution is -2.38. The van der Waals surface area contributed by atoms with E-state index in [4.69, 9.17) is 19.7 Å². The van der Waals surface area contributed by atoms with Gasteiger partial charge >= 0.3 is 0 Å². The second-order valence-corrected chi connectivity index (χ2v) is 5.55. The molecule has 0 saturated heterocycles. The van der Waals surface area contributed by atoms with Crippen LogP contribution in [0, 0.1) is 0 Å². The summed E-state index contributed by atoms with van der Waals surface area (Å²) >= 11 is 0. The van der Waals surface area contributed by atoms with Crippen molar-refractivity contribution < 1.29 is 29.9 Å². The molecule has 6 heteroatoms. The minimum Gasteiger partial charge on any atom is -0.396 e. The lowest BCUT2D eigenvalue weighted by molar-refractivity contribution is -0.256. The fourth-order valence-electron chi connectivity index (χ4n) is 2.17. The number of aliphatic hydroxyl groups is 4. The molecule has 0 aromatic heterocycles. The Labute approximate surface area is 127 Å². The lowest BCUT2D eigenvalue weighted by Gasteiger charge is -2.31. The Hall–Kier alpha value is -0.240. The monoisotopic (exact) mass is 308 g/mol. The minimum absolute atomic E-state index is 0.121. The van der Waals surface area contributed by atoms with Crippen molar-refractivity contribution in [1.29, 1.82) is 0 Å². The predicted molar refractivity (Wildman–Crippen MR) is 79.6 cm³/mol. The molecule has 6 nitrogen and oxygen atoms in total. The third kappa shape index (κ3) is 11.0. The third-order valence-electron chi connectivity index (χ3n) is 3.31. The molecule has 0 amide bonds. The highest BCUT2D eigenvalue weighted by molar-refractivity contribution is 4.74. The maximum Gasteiger partial charge on any atom is 0.170 e. The van der Waals surface area contributed by atoms with Crippen LogP contribution in [0.15, 0.2) is 0 Å². The summed E-state index contributed by atoms with van der Waals surface area (Å²) in [5, 5.41) is 37.6. The fraction of sp³-hybridized carbons (Fsp3) is 1.00. The van der Waals surface area contributed by atoms with Crippen molar-refractivity contribution in [2.75, 3.05) is 20.0 Å². The van der Waals surface area contributed by atoms with E-state index < -0.39 is 18.7 Å². The zero-order valence-corrected chi connectivity index (χ0v) is 13.3. The Bertz CT molecular complexity index is 236. The summed E-state index contributed by atoms with van der Waals surface area (Å²) in [6, 6.07) is 0. The summed E-state index contributed by atoms with van der Waals surface area (Å²) < 4.78 is 10.7. The van der Waals surface area contributed by atoms with Crippen molar-refractivity contribution in [3.8, 4) is 0 Å². The van der Waals surface area contributed by atoms with Crippen molar-refractivity contribution in [3.05, 3.63) is 0 Å². The average molecular weight is 308 g/mol. The van der Waals surface area contributed by atoms with Crippen molar-refractivity contribution in [2.24, 2.45) is 0 Å². The van der Waals surface area contributed by atoms with Gasteiger partial charge in [0.1, 0.15) is 6.79 Å². The van der Waals surface area contributed by atoms with E-state index in [2.05, 4.69) is 0 Å². The van der Waals surface area contributed by atoms with Crippen molar-refractivity contribution in [3.63, 3.8) is 0 Å². The number of rotatable bonds is 14. The third-order valence-corrected chi connectivity index (χ3v) is 3.31. The largest absolute Gasteiger partial charge is 0.396 e. The highest BCUT2D eigenvalue weighted by Crippen LogP contribution is 2.25. The SMILES string of the molecule is CCCCC(O)(CC(CCCCO)OCC(C)O)OCO. The summed E-state index contributed by atoms with van der Waals surface area (Å²) in [6.07, 6.45) is 3.62. The molecule has 0 aromatic rings. The van der Waals surface area contributed by atoms with Gasteiger partial charge in [-0.3, -0.25) is 0 Å². The number of hydrogen-bond donors (Lipinski definition) is 4. The van der Waals surface area contributed by atoms with Crippen molar-refractivity contribution >= 4 is 0 Å². The van der Waals surface area contributed by atoms with Gasteiger partial charge in [-0.05, 0) is 32.6 Å². The van der Waals surface area contributed by atoms with Crippen LogP contribution in [0.25, 0.3) is 0 Å². The number of ether oxygens (including phenoxy) is 2. The number of unbranched alkanes of at least 4 members (excludes halogenated alkanes) is 2. The summed E-state index contributed by atoms with van der Waals surface area (Å²) in [4.78, 5) is 0. The molecule has 128 valence electrons. The highest BCUT2D eigenvalue weighted by Gasteiger charge is 2.31. The van der Waals surface area contributed by atoms with Gasteiger partial charge in [-0.15, -0.1) is 0 Å². The molecule has 0 aliphatic rings. The van der Waals surface area contributed by atoms with Crippen LogP contribution < -0.4 is 0 Å². The molecule has 0 aliphatic heterocycles. The van der Waals surface area contributed by atoms with Crippen molar-refractivity contribution in [1.82, 2.24) is 0 Å². The Morgan fingerprint density at radius 3 is 2.38 bits per heavy atom. The molecule has 0 aliphatic carbocycles. The normalized spacial score (nSPS) is 17.4. The first-order valence-corrected chi connectivity index (χ1v) is 7.85. The van der Waals surface area contributed by atoms with Gasteiger partial charge < -0.3 is 29.9 Å². The zero-order chi connectivity index (χ0) is 16.1. The van der Waals surface area contributed by atoms with Crippen LogP contribution in [0.3, 0.4) is 0 Å². The van der Waals surface area contributed by atoms with E-state index in [0.29, 0.717) is 19.3 Å². The molecule has 0 saturated carbocycles. The van der Waals surface area contributed by atoms with Crippen LogP contribution in [0.4, 0.5) is 0 Å². The predicted octanol–water partition coefficient (Wildman–Crippen LogP) is 1.15. The Kier molecular flexibility index (Phi) is 12.2. The van der Waals surface area contributed by atoms with Crippen molar-refractivity contribution in [2.45, 2.75) is 76.8 Å². The first-order valence-electron chi connectivity index (χ1n) is 7.85. The van der Waals surface area contributed by atoms with Gasteiger partial charge in [-0.1, -0.05) is 13.3 Å². The molecule has 0 aromatic carbocycles. The van der Waals surface area contributed by atoms with Gasteiger partial charge in [-0.25, -0.2) is 0 Å². The van der Waals surface area contributed by atoms with Crippen LogP contribution in [-0.4, -0.2) is 58.4 Å². The smallest absolute Gasteiger partial charge is 0.170 e. The molecule has 0 fully saturated rings. The average Bonchev–Trinajstić information content (AvgIpc) is 2.43. The van der Waals surface area contributed by atoms with Crippen LogP contribution in [0.2, 0.25) is 0 Å². The summed E-state index contributed by atoms with van der Waals surface area (Å²) in [7, 11) is 0. The minimum atomic E-state index is -1.41. The molecule has 0 spiro atoms. The Morgan fingerprint density at radius 2 is 1.86 bits per heavy atom. The Morgan fingerprint density at radius 1 is 1.14 bits per heavy atom. The second-order valence-electron chi connectivity index (χ2n) is 5.55. The quantitative estimate of drug-likeness (QED) is 0.284. The Balaban J connectivity index is 4.52. The molecule has 0 rings (SSSR count). The fourth-order valence-corrected chi connectivity index (χ4v) is 2.17. The molecule has 4 N–H and O–H groups in total. The van der Waals surface area contributed by atoms with Crippen LogP contribution in [0.1, 0.15) is 58.8 Å². The second kappa shape index (κ2) is 12.3. The topological polar surface area (TPSA) is 99.4 Å². The molecule has 21 heavy (non-hydrogen) atoms. The van der Waals surface area contributed by atoms with Gasteiger partial charge in [-0.2, -0.15) is 0 Å². The van der Waals surface area contributed by atoms with E-state index in [-0.39, 0.29) is 25.7 Å². The van der Waals surface area contributed by atoms with Crippen LogP contribution in [-0.2, 0) is 9.47 Å². The van der Waals surface area contributed by atoms with E-state index in [1.807, 2.05) is 6.92 Å². The summed E-state index contributed by atoms with van der Waals surface area (Å²) in [6.45, 7) is 3.42. The summed E-state index contributed by atoms with van der Waals surface area (Å²) in [5.41, 5.74) is 0. The maximum absolute atomic E-state index is 10.5. The van der Waals surface area contributed by atoms with E-state index >= 15 is 0 Å². The molecule has 0 heterocycles. The molecule has 3 atom stereocenters. The number of hydrogen-bond acceptors (Lipinski definition) is 6. The van der Waals surface area contributed by atoms with Gasteiger partial charge in [0.2, 0.25) is 0 Å². The first-order chi connectivity index (χ1) is 9.97. The van der Waals surface area contributed by atoms with E-state index in [9.17, 15) is 10.2 Å². The number of aliphatic hydroxyl groups excluding tert-OH is 3. The molecular weight excluding hydrogens is 276 g/mol.